The first-order valence-corrected chi connectivity index (χ1v) is 12.7. The zero-order valence-corrected chi connectivity index (χ0v) is 22.2. The van der Waals surface area contributed by atoms with Crippen molar-refractivity contribution in [1.29, 1.82) is 0 Å². The van der Waals surface area contributed by atoms with Crippen LogP contribution in [0.15, 0.2) is 77.8 Å². The second-order valence-electron chi connectivity index (χ2n) is 8.83. The average molecular weight is 562 g/mol. The normalized spacial score (nSPS) is 13.8. The minimum atomic E-state index is -0.687. The highest BCUT2D eigenvalue weighted by Crippen LogP contribution is 2.35. The number of hydrogen-bond acceptors (Lipinski definition) is 9. The summed E-state index contributed by atoms with van der Waals surface area (Å²) >= 11 is 6.50. The van der Waals surface area contributed by atoms with Crippen molar-refractivity contribution in [2.24, 2.45) is 0 Å². The number of nitrogens with zero attached hydrogens (tertiary/aromatic N) is 5. The first-order valence-electron chi connectivity index (χ1n) is 12.3. The standard InChI is InChI=1S/C28H24ClN5O6/c1-18(35)38-12-13-39-21-6-7-22(23(29)14-21)28(37)33-16-25(36)34(15-20-4-2-3-5-24(20)33)26(27-32-31-17-40-27)19-8-10-30-11-9-19/h2-11,14,17,26H,12-13,15-16H2,1H3. The molecule has 0 N–H and O–H groups in total. The van der Waals surface area contributed by atoms with Gasteiger partial charge in [-0.05, 0) is 47.5 Å². The molecule has 0 aliphatic carbocycles. The van der Waals surface area contributed by atoms with Gasteiger partial charge in [0.15, 0.2) is 0 Å². The number of aromatic nitrogens is 3. The lowest BCUT2D eigenvalue weighted by Crippen LogP contribution is -2.42. The lowest BCUT2D eigenvalue weighted by atomic mass is 10.1. The van der Waals surface area contributed by atoms with Gasteiger partial charge >= 0.3 is 5.97 Å². The van der Waals surface area contributed by atoms with Gasteiger partial charge in [0.25, 0.3) is 5.91 Å². The highest BCUT2D eigenvalue weighted by molar-refractivity contribution is 6.34. The van der Waals surface area contributed by atoms with E-state index in [0.717, 1.165) is 11.1 Å². The summed E-state index contributed by atoms with van der Waals surface area (Å²) in [6.07, 6.45) is 4.45. The minimum Gasteiger partial charge on any atom is -0.490 e. The van der Waals surface area contributed by atoms with E-state index >= 15 is 0 Å². The fraction of sp³-hybridized carbons (Fsp3) is 0.214. The second kappa shape index (κ2) is 12.0. The molecule has 0 saturated carbocycles. The zero-order chi connectivity index (χ0) is 28.1. The fourth-order valence-corrected chi connectivity index (χ4v) is 4.71. The smallest absolute Gasteiger partial charge is 0.302 e. The molecule has 40 heavy (non-hydrogen) atoms. The number of pyridine rings is 1. The molecule has 12 heteroatoms. The van der Waals surface area contributed by atoms with Gasteiger partial charge in [0, 0.05) is 31.5 Å². The number of benzene rings is 2. The van der Waals surface area contributed by atoms with E-state index in [0.29, 0.717) is 11.4 Å². The third kappa shape index (κ3) is 5.79. The molecule has 11 nitrogen and oxygen atoms in total. The van der Waals surface area contributed by atoms with Gasteiger partial charge in [0.05, 0.1) is 10.6 Å². The van der Waals surface area contributed by atoms with Gasteiger partial charge in [-0.1, -0.05) is 29.8 Å². The van der Waals surface area contributed by atoms with Crippen molar-refractivity contribution in [2.75, 3.05) is 24.7 Å². The Hall–Kier alpha value is -4.77. The van der Waals surface area contributed by atoms with Gasteiger partial charge in [-0.3, -0.25) is 24.3 Å². The maximum Gasteiger partial charge on any atom is 0.302 e. The summed E-state index contributed by atoms with van der Waals surface area (Å²) in [5, 5.41) is 8.04. The highest BCUT2D eigenvalue weighted by Gasteiger charge is 2.36. The number of carbonyl (C=O) groups excluding carboxylic acids is 3. The number of halogens is 1. The average Bonchev–Trinajstić information content (AvgIpc) is 3.44. The Morgan fingerprint density at radius 3 is 2.60 bits per heavy atom. The van der Waals surface area contributed by atoms with Gasteiger partial charge in [0.1, 0.15) is 31.5 Å². The lowest BCUT2D eigenvalue weighted by Gasteiger charge is -2.29. The summed E-state index contributed by atoms with van der Waals surface area (Å²) in [4.78, 5) is 45.7. The first-order chi connectivity index (χ1) is 19.4. The molecule has 204 valence electrons. The number of carbonyl (C=O) groups is 3. The first kappa shape index (κ1) is 26.8. The van der Waals surface area contributed by atoms with Gasteiger partial charge in [-0.2, -0.15) is 0 Å². The number of para-hydroxylation sites is 1. The number of fused-ring (bicyclic) bond motifs is 1. The molecule has 2 aromatic carbocycles. The Morgan fingerprint density at radius 2 is 1.88 bits per heavy atom. The van der Waals surface area contributed by atoms with Crippen molar-refractivity contribution >= 4 is 35.1 Å². The van der Waals surface area contributed by atoms with Crippen LogP contribution in [0.5, 0.6) is 5.75 Å². The van der Waals surface area contributed by atoms with Crippen LogP contribution >= 0.6 is 11.6 Å². The molecule has 1 atom stereocenters. The maximum atomic E-state index is 13.8. The molecular weight excluding hydrogens is 538 g/mol. The molecule has 0 saturated heterocycles. The highest BCUT2D eigenvalue weighted by atomic mass is 35.5. The molecule has 0 bridgehead atoms. The molecule has 2 aromatic heterocycles. The Balaban J connectivity index is 1.44. The van der Waals surface area contributed by atoms with Crippen LogP contribution in [0, 0.1) is 0 Å². The van der Waals surface area contributed by atoms with Crippen molar-refractivity contribution in [2.45, 2.75) is 19.5 Å². The topological polar surface area (TPSA) is 128 Å². The van der Waals surface area contributed by atoms with E-state index in [9.17, 15) is 14.4 Å². The molecule has 5 rings (SSSR count). The van der Waals surface area contributed by atoms with Crippen LogP contribution < -0.4 is 9.64 Å². The van der Waals surface area contributed by atoms with E-state index in [-0.39, 0.29) is 48.7 Å². The zero-order valence-electron chi connectivity index (χ0n) is 21.4. The minimum absolute atomic E-state index is 0.0842. The van der Waals surface area contributed by atoms with Crippen molar-refractivity contribution in [1.82, 2.24) is 20.1 Å². The number of rotatable bonds is 8. The predicted octanol–water partition coefficient (Wildman–Crippen LogP) is 3.84. The molecule has 1 aliphatic rings. The van der Waals surface area contributed by atoms with E-state index < -0.39 is 17.9 Å². The monoisotopic (exact) mass is 561 g/mol. The summed E-state index contributed by atoms with van der Waals surface area (Å²) in [6.45, 7) is 1.47. The van der Waals surface area contributed by atoms with Gasteiger partial charge in [0.2, 0.25) is 18.2 Å². The van der Waals surface area contributed by atoms with Crippen LogP contribution in [0.1, 0.15) is 40.3 Å². The number of esters is 1. The maximum absolute atomic E-state index is 13.8. The Labute approximate surface area is 234 Å². The second-order valence-corrected chi connectivity index (χ2v) is 9.24. The van der Waals surface area contributed by atoms with Crippen LogP contribution in [0.3, 0.4) is 0 Å². The summed E-state index contributed by atoms with van der Waals surface area (Å²) in [5.74, 6) is -0.530. The molecule has 4 aromatic rings. The molecule has 0 fully saturated rings. The molecular formula is C28H24ClN5O6. The van der Waals surface area contributed by atoms with Crippen molar-refractivity contribution in [3.63, 3.8) is 0 Å². The van der Waals surface area contributed by atoms with E-state index in [1.165, 1.54) is 24.3 Å². The van der Waals surface area contributed by atoms with Gasteiger partial charge < -0.3 is 18.8 Å². The number of amides is 2. The van der Waals surface area contributed by atoms with Gasteiger partial charge in [-0.25, -0.2) is 0 Å². The Kier molecular flexibility index (Phi) is 8.02. The fourth-order valence-electron chi connectivity index (χ4n) is 4.46. The summed E-state index contributed by atoms with van der Waals surface area (Å²) in [5.41, 5.74) is 2.27. The summed E-state index contributed by atoms with van der Waals surface area (Å²) < 4.78 is 15.9. The van der Waals surface area contributed by atoms with Crippen molar-refractivity contribution < 1.29 is 28.3 Å². The Bertz CT molecular complexity index is 1510. The van der Waals surface area contributed by atoms with Crippen LogP contribution in [-0.2, 0) is 20.9 Å². The van der Waals surface area contributed by atoms with Gasteiger partial charge in [-0.15, -0.1) is 10.2 Å². The third-order valence-electron chi connectivity index (χ3n) is 6.25. The number of hydrogen-bond donors (Lipinski definition) is 0. The lowest BCUT2D eigenvalue weighted by molar-refractivity contribution is -0.141. The number of anilines is 1. The molecule has 0 radical (unpaired) electrons. The molecule has 0 spiro atoms. The van der Waals surface area contributed by atoms with Crippen molar-refractivity contribution in [3.8, 4) is 5.75 Å². The van der Waals surface area contributed by atoms with Crippen LogP contribution in [-0.4, -0.2) is 57.6 Å². The quantitative estimate of drug-likeness (QED) is 0.233. The molecule has 1 aliphatic heterocycles. The Morgan fingerprint density at radius 1 is 1.07 bits per heavy atom. The third-order valence-corrected chi connectivity index (χ3v) is 6.57. The SMILES string of the molecule is CC(=O)OCCOc1ccc(C(=O)N2CC(=O)N(C(c3ccncc3)c3nnco3)Cc3ccccc32)c(Cl)c1. The molecule has 3 heterocycles. The van der Waals surface area contributed by atoms with E-state index in [1.54, 1.807) is 53.7 Å². The largest absolute Gasteiger partial charge is 0.490 e. The van der Waals surface area contributed by atoms with E-state index in [2.05, 4.69) is 15.2 Å². The van der Waals surface area contributed by atoms with Crippen LogP contribution in [0.25, 0.3) is 0 Å². The van der Waals surface area contributed by atoms with E-state index in [1.807, 2.05) is 12.1 Å². The van der Waals surface area contributed by atoms with Crippen LogP contribution in [0.2, 0.25) is 5.02 Å². The molecule has 2 amide bonds. The predicted molar refractivity (Wildman–Crippen MR) is 143 cm³/mol. The van der Waals surface area contributed by atoms with Crippen LogP contribution in [0.4, 0.5) is 5.69 Å². The van der Waals surface area contributed by atoms with E-state index in [4.69, 9.17) is 25.5 Å². The summed E-state index contributed by atoms with van der Waals surface area (Å²) in [6, 6.07) is 14.8. The molecule has 1 unspecified atom stereocenters. The van der Waals surface area contributed by atoms with Crippen molar-refractivity contribution in [3.05, 3.63) is 101 Å². The summed E-state index contributed by atoms with van der Waals surface area (Å²) in [7, 11) is 0. The number of ether oxygens (including phenoxy) is 2.